The molecule has 0 aliphatic carbocycles. The molecule has 9 heteroatoms. The summed E-state index contributed by atoms with van der Waals surface area (Å²) in [6, 6.07) is 22.7. The maximum absolute atomic E-state index is 12.7. The number of rotatable bonds is 6. The van der Waals surface area contributed by atoms with Crippen molar-refractivity contribution in [3.63, 3.8) is 0 Å². The third-order valence-electron chi connectivity index (χ3n) is 6.14. The van der Waals surface area contributed by atoms with Gasteiger partial charge in [-0.25, -0.2) is 9.78 Å². The zero-order valence-corrected chi connectivity index (χ0v) is 20.8. The second-order valence-corrected chi connectivity index (χ2v) is 9.59. The van der Waals surface area contributed by atoms with Crippen molar-refractivity contribution in [2.75, 3.05) is 43.9 Å². The minimum atomic E-state index is -0.169. The van der Waals surface area contributed by atoms with Gasteiger partial charge in [-0.3, -0.25) is 15.0 Å². The smallest absolute Gasteiger partial charge is 0.321 e. The summed E-state index contributed by atoms with van der Waals surface area (Å²) in [5.74, 6) is 0.584. The van der Waals surface area contributed by atoms with Crippen LogP contribution < -0.4 is 15.4 Å². The number of aromatic nitrogens is 1. The maximum Gasteiger partial charge on any atom is 0.321 e. The van der Waals surface area contributed by atoms with Gasteiger partial charge in [0.15, 0.2) is 5.13 Å². The number of carbonyl (C=O) groups is 2. The van der Waals surface area contributed by atoms with E-state index in [2.05, 4.69) is 20.5 Å². The molecular weight excluding hydrogens is 474 g/mol. The Kier molecular flexibility index (Phi) is 7.11. The first-order chi connectivity index (χ1) is 17.6. The Hall–Kier alpha value is -3.95. The fraction of sp³-hybridized carbons (Fsp3) is 0.222. The molecule has 2 heterocycles. The van der Waals surface area contributed by atoms with E-state index in [4.69, 9.17) is 4.74 Å². The molecule has 0 atom stereocenters. The Morgan fingerprint density at radius 3 is 2.33 bits per heavy atom. The third kappa shape index (κ3) is 5.64. The number of urea groups is 1. The van der Waals surface area contributed by atoms with Gasteiger partial charge in [0.05, 0.1) is 17.3 Å². The number of methoxy groups -OCH3 is 1. The normalized spacial score (nSPS) is 14.0. The molecule has 0 bridgehead atoms. The Morgan fingerprint density at radius 1 is 0.917 bits per heavy atom. The van der Waals surface area contributed by atoms with Crippen LogP contribution in [0.15, 0.2) is 72.8 Å². The predicted molar refractivity (Wildman–Crippen MR) is 143 cm³/mol. The number of hydrogen-bond acceptors (Lipinski definition) is 6. The van der Waals surface area contributed by atoms with Crippen LogP contribution in [-0.2, 0) is 6.54 Å². The van der Waals surface area contributed by atoms with E-state index in [1.807, 2.05) is 77.7 Å². The second kappa shape index (κ2) is 10.8. The van der Waals surface area contributed by atoms with Crippen LogP contribution in [0.3, 0.4) is 0 Å². The lowest BCUT2D eigenvalue weighted by molar-refractivity contribution is 0.102. The van der Waals surface area contributed by atoms with Gasteiger partial charge in [0.1, 0.15) is 5.75 Å². The molecular formula is C27H27N5O3S. The van der Waals surface area contributed by atoms with Gasteiger partial charge in [-0.2, -0.15) is 0 Å². The fourth-order valence-corrected chi connectivity index (χ4v) is 4.96. The van der Waals surface area contributed by atoms with Gasteiger partial charge < -0.3 is 15.0 Å². The number of ether oxygens (including phenoxy) is 1. The molecule has 184 valence electrons. The van der Waals surface area contributed by atoms with Crippen LogP contribution in [0.25, 0.3) is 10.2 Å². The number of nitrogens with one attached hydrogen (secondary N) is 2. The van der Waals surface area contributed by atoms with Gasteiger partial charge in [0, 0.05) is 44.0 Å². The number of benzene rings is 3. The molecule has 1 aliphatic rings. The maximum atomic E-state index is 12.7. The number of para-hydroxylation sites is 1. The van der Waals surface area contributed by atoms with Crippen molar-refractivity contribution in [2.45, 2.75) is 6.54 Å². The molecule has 0 saturated carbocycles. The molecule has 0 spiro atoms. The molecule has 0 radical (unpaired) electrons. The molecule has 0 unspecified atom stereocenters. The topological polar surface area (TPSA) is 86.8 Å². The number of nitrogens with zero attached hydrogens (tertiary/aromatic N) is 3. The lowest BCUT2D eigenvalue weighted by Crippen LogP contribution is -2.49. The summed E-state index contributed by atoms with van der Waals surface area (Å²) in [7, 11) is 1.61. The van der Waals surface area contributed by atoms with Crippen LogP contribution in [0.5, 0.6) is 5.75 Å². The van der Waals surface area contributed by atoms with Gasteiger partial charge in [0.2, 0.25) is 0 Å². The van der Waals surface area contributed by atoms with Gasteiger partial charge in [-0.1, -0.05) is 35.6 Å². The van der Waals surface area contributed by atoms with Crippen LogP contribution in [0.4, 0.5) is 15.6 Å². The van der Waals surface area contributed by atoms with Crippen molar-refractivity contribution in [1.82, 2.24) is 14.8 Å². The number of amides is 3. The van der Waals surface area contributed by atoms with E-state index in [0.717, 1.165) is 46.9 Å². The predicted octanol–water partition coefficient (Wildman–Crippen LogP) is 4.91. The summed E-state index contributed by atoms with van der Waals surface area (Å²) in [6.45, 7) is 3.66. The zero-order valence-electron chi connectivity index (χ0n) is 19.9. The summed E-state index contributed by atoms with van der Waals surface area (Å²) >= 11 is 1.46. The zero-order chi connectivity index (χ0) is 24.9. The van der Waals surface area contributed by atoms with Crippen molar-refractivity contribution in [3.05, 3.63) is 83.9 Å². The van der Waals surface area contributed by atoms with Crippen LogP contribution >= 0.6 is 11.3 Å². The highest BCUT2D eigenvalue weighted by Gasteiger charge is 2.21. The van der Waals surface area contributed by atoms with E-state index in [-0.39, 0.29) is 11.9 Å². The summed E-state index contributed by atoms with van der Waals surface area (Å²) in [5, 5.41) is 6.43. The van der Waals surface area contributed by atoms with Crippen molar-refractivity contribution < 1.29 is 14.3 Å². The number of thiazole rings is 1. The Labute approximate surface area is 213 Å². The highest BCUT2D eigenvalue weighted by Crippen LogP contribution is 2.26. The Balaban J connectivity index is 1.10. The average molecular weight is 502 g/mol. The van der Waals surface area contributed by atoms with E-state index < -0.39 is 0 Å². The lowest BCUT2D eigenvalue weighted by Gasteiger charge is -2.34. The van der Waals surface area contributed by atoms with Gasteiger partial charge in [-0.15, -0.1) is 0 Å². The fourth-order valence-electron chi connectivity index (χ4n) is 4.10. The number of carbonyl (C=O) groups excluding carboxylic acids is 2. The summed E-state index contributed by atoms with van der Waals surface area (Å²) < 4.78 is 6.20. The van der Waals surface area contributed by atoms with Crippen molar-refractivity contribution in [2.24, 2.45) is 0 Å². The summed E-state index contributed by atoms with van der Waals surface area (Å²) in [6.07, 6.45) is 0. The van der Waals surface area contributed by atoms with E-state index in [0.29, 0.717) is 23.8 Å². The molecule has 1 fully saturated rings. The highest BCUT2D eigenvalue weighted by atomic mass is 32.1. The second-order valence-electron chi connectivity index (χ2n) is 8.56. The number of fused-ring (bicyclic) bond motifs is 1. The molecule has 1 aromatic heterocycles. The Bertz CT molecular complexity index is 1310. The van der Waals surface area contributed by atoms with Gasteiger partial charge in [0.25, 0.3) is 5.91 Å². The van der Waals surface area contributed by atoms with E-state index in [1.54, 1.807) is 7.11 Å². The van der Waals surface area contributed by atoms with Crippen LogP contribution in [0.2, 0.25) is 0 Å². The molecule has 5 rings (SSSR count). The number of hydrogen-bond donors (Lipinski definition) is 2. The van der Waals surface area contributed by atoms with Crippen LogP contribution in [0.1, 0.15) is 15.9 Å². The number of piperazine rings is 1. The third-order valence-corrected chi connectivity index (χ3v) is 7.09. The van der Waals surface area contributed by atoms with Crippen molar-refractivity contribution >= 4 is 44.3 Å². The van der Waals surface area contributed by atoms with Gasteiger partial charge >= 0.3 is 6.03 Å². The highest BCUT2D eigenvalue weighted by molar-refractivity contribution is 7.22. The molecule has 4 aromatic rings. The molecule has 1 saturated heterocycles. The molecule has 8 nitrogen and oxygen atoms in total. The summed E-state index contributed by atoms with van der Waals surface area (Å²) in [4.78, 5) is 33.9. The van der Waals surface area contributed by atoms with E-state index in [1.165, 1.54) is 11.3 Å². The first-order valence-corrected chi connectivity index (χ1v) is 12.6. The van der Waals surface area contributed by atoms with Crippen molar-refractivity contribution in [1.29, 1.82) is 0 Å². The standard InChI is InChI=1S/C27H27N5O3S/c1-35-22-12-10-21(11-13-22)28-27(34)32-16-14-31(15-17-32)18-19-6-8-20(9-7-19)25(33)30-26-29-23-4-2-3-5-24(23)36-26/h2-13H,14-18H2,1H3,(H,28,34)(H,29,30,33). The minimum absolute atomic E-state index is 0.0942. The SMILES string of the molecule is COc1ccc(NC(=O)N2CCN(Cc3ccc(C(=O)Nc4nc5ccccc5s4)cc3)CC2)cc1. The number of anilines is 2. The average Bonchev–Trinajstić information content (AvgIpc) is 3.32. The largest absolute Gasteiger partial charge is 0.497 e. The Morgan fingerprint density at radius 2 is 1.64 bits per heavy atom. The first-order valence-electron chi connectivity index (χ1n) is 11.8. The molecule has 2 N–H and O–H groups in total. The van der Waals surface area contributed by atoms with Crippen molar-refractivity contribution in [3.8, 4) is 5.75 Å². The lowest BCUT2D eigenvalue weighted by atomic mass is 10.1. The first kappa shape index (κ1) is 23.8. The van der Waals surface area contributed by atoms with Crippen LogP contribution in [-0.4, -0.2) is 60.0 Å². The van der Waals surface area contributed by atoms with Crippen LogP contribution in [0, 0.1) is 0 Å². The monoisotopic (exact) mass is 501 g/mol. The van der Waals surface area contributed by atoms with E-state index >= 15 is 0 Å². The molecule has 3 amide bonds. The molecule has 36 heavy (non-hydrogen) atoms. The summed E-state index contributed by atoms with van der Waals surface area (Å²) in [5.41, 5.74) is 3.35. The molecule has 1 aliphatic heterocycles. The van der Waals surface area contributed by atoms with E-state index in [9.17, 15) is 9.59 Å². The molecule has 3 aromatic carbocycles. The minimum Gasteiger partial charge on any atom is -0.497 e. The van der Waals surface area contributed by atoms with Gasteiger partial charge in [-0.05, 0) is 54.1 Å². The quantitative estimate of drug-likeness (QED) is 0.392.